The molecule has 4 rings (SSSR count). The maximum Gasteiger partial charge on any atom is 0.345 e. The SMILES string of the molecule is O=C(COc1ccc(Cl)cc1)N/N=C\c1c(OC(=O)c2ccccc2Cl)ccc2ccccc12. The van der Waals surface area contributed by atoms with E-state index in [-0.39, 0.29) is 22.9 Å². The first kappa shape index (κ1) is 23.3. The molecule has 0 aliphatic rings. The summed E-state index contributed by atoms with van der Waals surface area (Å²) in [5.74, 6) is -0.276. The largest absolute Gasteiger partial charge is 0.484 e. The Labute approximate surface area is 205 Å². The molecule has 0 bridgehead atoms. The molecule has 0 aromatic heterocycles. The molecule has 0 unspecified atom stereocenters. The van der Waals surface area contributed by atoms with Crippen LogP contribution in [0, 0.1) is 0 Å². The van der Waals surface area contributed by atoms with Crippen LogP contribution in [0.25, 0.3) is 10.8 Å². The molecule has 8 heteroatoms. The van der Waals surface area contributed by atoms with Gasteiger partial charge in [-0.3, -0.25) is 4.79 Å². The normalized spacial score (nSPS) is 10.9. The van der Waals surface area contributed by atoms with E-state index in [0.717, 1.165) is 10.8 Å². The number of benzene rings is 4. The zero-order valence-corrected chi connectivity index (χ0v) is 19.2. The van der Waals surface area contributed by atoms with Crippen molar-refractivity contribution < 1.29 is 19.1 Å². The number of hydrogen-bond acceptors (Lipinski definition) is 5. The molecule has 4 aromatic rings. The van der Waals surface area contributed by atoms with Gasteiger partial charge in [-0.05, 0) is 53.2 Å². The fourth-order valence-electron chi connectivity index (χ4n) is 3.16. The fraction of sp³-hybridized carbons (Fsp3) is 0.0385. The minimum atomic E-state index is -0.601. The van der Waals surface area contributed by atoms with Crippen LogP contribution >= 0.6 is 23.2 Å². The van der Waals surface area contributed by atoms with Crippen molar-refractivity contribution in [2.24, 2.45) is 5.10 Å². The second kappa shape index (κ2) is 10.8. The highest BCUT2D eigenvalue weighted by Gasteiger charge is 2.15. The summed E-state index contributed by atoms with van der Waals surface area (Å²) in [6.45, 7) is -0.233. The number of rotatable bonds is 7. The monoisotopic (exact) mass is 492 g/mol. The molecule has 0 radical (unpaired) electrons. The van der Waals surface area contributed by atoms with Crippen molar-refractivity contribution in [2.45, 2.75) is 0 Å². The van der Waals surface area contributed by atoms with Gasteiger partial charge in [-0.2, -0.15) is 5.10 Å². The highest BCUT2D eigenvalue weighted by Crippen LogP contribution is 2.28. The zero-order valence-electron chi connectivity index (χ0n) is 17.7. The van der Waals surface area contributed by atoms with Crippen LogP contribution in [-0.2, 0) is 4.79 Å². The molecule has 1 N–H and O–H groups in total. The first-order chi connectivity index (χ1) is 16.5. The van der Waals surface area contributed by atoms with E-state index in [1.807, 2.05) is 30.3 Å². The maximum atomic E-state index is 12.7. The first-order valence-electron chi connectivity index (χ1n) is 10.2. The van der Waals surface area contributed by atoms with Gasteiger partial charge < -0.3 is 9.47 Å². The number of hydrazone groups is 1. The first-order valence-corrected chi connectivity index (χ1v) is 11.0. The lowest BCUT2D eigenvalue weighted by atomic mass is 10.0. The smallest absolute Gasteiger partial charge is 0.345 e. The Morgan fingerprint density at radius 1 is 0.882 bits per heavy atom. The lowest BCUT2D eigenvalue weighted by molar-refractivity contribution is -0.123. The van der Waals surface area contributed by atoms with Gasteiger partial charge >= 0.3 is 5.97 Å². The van der Waals surface area contributed by atoms with Crippen molar-refractivity contribution in [3.05, 3.63) is 106 Å². The quantitative estimate of drug-likeness (QED) is 0.151. The Balaban J connectivity index is 1.51. The van der Waals surface area contributed by atoms with Crippen molar-refractivity contribution in [1.29, 1.82) is 0 Å². The minimum absolute atomic E-state index is 0.233. The Morgan fingerprint density at radius 2 is 1.62 bits per heavy atom. The van der Waals surface area contributed by atoms with Crippen LogP contribution in [0.1, 0.15) is 15.9 Å². The molecule has 0 spiro atoms. The number of carbonyl (C=O) groups is 2. The Hall–Kier alpha value is -3.87. The van der Waals surface area contributed by atoms with Gasteiger partial charge in [0.2, 0.25) is 0 Å². The number of nitrogens with one attached hydrogen (secondary N) is 1. The van der Waals surface area contributed by atoms with E-state index in [1.165, 1.54) is 6.21 Å². The summed E-state index contributed by atoms with van der Waals surface area (Å²) in [5, 5.41) is 6.60. The third-order valence-corrected chi connectivity index (χ3v) is 5.38. The van der Waals surface area contributed by atoms with E-state index >= 15 is 0 Å². The highest BCUT2D eigenvalue weighted by molar-refractivity contribution is 6.33. The van der Waals surface area contributed by atoms with Crippen molar-refractivity contribution in [3.8, 4) is 11.5 Å². The number of amides is 1. The molecule has 1 amide bonds. The van der Waals surface area contributed by atoms with Gasteiger partial charge in [0.15, 0.2) is 6.61 Å². The molecule has 0 saturated carbocycles. The molecular weight excluding hydrogens is 475 g/mol. The standard InChI is InChI=1S/C26H18Cl2N2O4/c27-18-10-12-19(13-11-18)33-16-25(31)30-29-15-22-20-6-2-1-5-17(20)9-14-24(22)34-26(32)21-7-3-4-8-23(21)28/h1-15H,16H2,(H,30,31)/b29-15-. The number of fused-ring (bicyclic) bond motifs is 1. The number of ether oxygens (including phenoxy) is 2. The van der Waals surface area contributed by atoms with Crippen molar-refractivity contribution in [3.63, 3.8) is 0 Å². The van der Waals surface area contributed by atoms with Crippen LogP contribution in [0.5, 0.6) is 11.5 Å². The van der Waals surface area contributed by atoms with Gasteiger partial charge in [-0.15, -0.1) is 0 Å². The average Bonchev–Trinajstić information content (AvgIpc) is 2.85. The molecule has 34 heavy (non-hydrogen) atoms. The van der Waals surface area contributed by atoms with Gasteiger partial charge in [-0.1, -0.05) is 65.7 Å². The number of carbonyl (C=O) groups excluding carboxylic acids is 2. The van der Waals surface area contributed by atoms with E-state index in [4.69, 9.17) is 32.7 Å². The van der Waals surface area contributed by atoms with Crippen LogP contribution in [0.15, 0.2) is 90.0 Å². The molecule has 0 aliphatic carbocycles. The van der Waals surface area contributed by atoms with E-state index < -0.39 is 11.9 Å². The molecule has 6 nitrogen and oxygen atoms in total. The van der Waals surface area contributed by atoms with Gasteiger partial charge in [0.05, 0.1) is 16.8 Å². The lowest BCUT2D eigenvalue weighted by Gasteiger charge is -2.11. The Morgan fingerprint density at radius 3 is 2.41 bits per heavy atom. The average molecular weight is 493 g/mol. The third-order valence-electron chi connectivity index (χ3n) is 4.79. The predicted octanol–water partition coefficient (Wildman–Crippen LogP) is 5.89. The molecule has 0 saturated heterocycles. The fourth-order valence-corrected chi connectivity index (χ4v) is 3.50. The Kier molecular flexibility index (Phi) is 7.42. The van der Waals surface area contributed by atoms with E-state index in [9.17, 15) is 9.59 Å². The third kappa shape index (κ3) is 5.73. The van der Waals surface area contributed by atoms with E-state index in [2.05, 4.69) is 10.5 Å². The van der Waals surface area contributed by atoms with Crippen molar-refractivity contribution >= 4 is 52.1 Å². The summed E-state index contributed by atoms with van der Waals surface area (Å²) >= 11 is 12.0. The summed E-state index contributed by atoms with van der Waals surface area (Å²) in [5.41, 5.74) is 3.19. The molecular formula is C26H18Cl2N2O4. The molecule has 0 heterocycles. The maximum absolute atomic E-state index is 12.7. The number of esters is 1. The summed E-state index contributed by atoms with van der Waals surface area (Å²) in [6, 6.07) is 24.3. The number of halogens is 2. The highest BCUT2D eigenvalue weighted by atomic mass is 35.5. The summed E-state index contributed by atoms with van der Waals surface area (Å²) in [6.07, 6.45) is 1.43. The van der Waals surface area contributed by atoms with Gasteiger partial charge in [0, 0.05) is 10.6 Å². The molecule has 0 atom stereocenters. The lowest BCUT2D eigenvalue weighted by Crippen LogP contribution is -2.24. The summed E-state index contributed by atoms with van der Waals surface area (Å²) < 4.78 is 11.0. The van der Waals surface area contributed by atoms with Crippen LogP contribution in [-0.4, -0.2) is 24.7 Å². The number of hydrogen-bond donors (Lipinski definition) is 1. The van der Waals surface area contributed by atoms with Crippen LogP contribution < -0.4 is 14.9 Å². The van der Waals surface area contributed by atoms with Gasteiger partial charge in [0.1, 0.15) is 11.5 Å². The minimum Gasteiger partial charge on any atom is -0.484 e. The van der Waals surface area contributed by atoms with Crippen LogP contribution in [0.3, 0.4) is 0 Å². The molecule has 170 valence electrons. The van der Waals surface area contributed by atoms with Crippen molar-refractivity contribution in [2.75, 3.05) is 6.61 Å². The summed E-state index contributed by atoms with van der Waals surface area (Å²) in [7, 11) is 0. The van der Waals surface area contributed by atoms with Gasteiger partial charge in [-0.25, -0.2) is 10.2 Å². The van der Waals surface area contributed by atoms with Gasteiger partial charge in [0.25, 0.3) is 5.91 Å². The van der Waals surface area contributed by atoms with E-state index in [1.54, 1.807) is 54.6 Å². The summed E-state index contributed by atoms with van der Waals surface area (Å²) in [4.78, 5) is 24.8. The van der Waals surface area contributed by atoms with Crippen molar-refractivity contribution in [1.82, 2.24) is 5.43 Å². The predicted molar refractivity (Wildman–Crippen MR) is 133 cm³/mol. The van der Waals surface area contributed by atoms with E-state index in [0.29, 0.717) is 16.3 Å². The molecule has 0 aliphatic heterocycles. The molecule has 4 aromatic carbocycles. The number of nitrogens with zero attached hydrogens (tertiary/aromatic N) is 1. The van der Waals surface area contributed by atoms with Crippen LogP contribution in [0.4, 0.5) is 0 Å². The molecule has 0 fully saturated rings. The van der Waals surface area contributed by atoms with Crippen LogP contribution in [0.2, 0.25) is 10.0 Å². The second-order valence-electron chi connectivity index (χ2n) is 7.10. The second-order valence-corrected chi connectivity index (χ2v) is 7.95. The zero-order chi connectivity index (χ0) is 23.9. The Bertz CT molecular complexity index is 1370. The topological polar surface area (TPSA) is 77.0 Å².